The molecule has 2 aromatic rings. The van der Waals surface area contributed by atoms with Gasteiger partial charge in [0, 0.05) is 29.9 Å². The molecule has 0 saturated carbocycles. The van der Waals surface area contributed by atoms with Gasteiger partial charge in [0.15, 0.2) is 0 Å². The summed E-state index contributed by atoms with van der Waals surface area (Å²) in [6.07, 6.45) is 0. The zero-order chi connectivity index (χ0) is 15.4. The number of nitrogens with two attached hydrogens (primary N) is 1. The lowest BCUT2D eigenvalue weighted by Gasteiger charge is -2.18. The third-order valence-corrected chi connectivity index (χ3v) is 3.21. The summed E-state index contributed by atoms with van der Waals surface area (Å²) in [6.45, 7) is 0.404. The number of hydrogen-bond donors (Lipinski definition) is 1. The first-order chi connectivity index (χ1) is 9.99. The number of halogens is 1. The highest BCUT2D eigenvalue weighted by Gasteiger charge is 2.13. The maximum Gasteiger partial charge on any atom is 0.254 e. The van der Waals surface area contributed by atoms with E-state index in [1.165, 1.54) is 0 Å². The van der Waals surface area contributed by atoms with Crippen LogP contribution in [0.25, 0.3) is 0 Å². The standard InChI is InChI=1S/C16H14ClN3O/c1-20(10-12-4-2-3-11(5-12)9-18)16(21)13-6-14(17)8-15(19)7-13/h2-8H,10,19H2,1H3. The number of hydrogen-bond acceptors (Lipinski definition) is 3. The predicted molar refractivity (Wildman–Crippen MR) is 82.8 cm³/mol. The van der Waals surface area contributed by atoms with Crippen molar-refractivity contribution in [2.75, 3.05) is 12.8 Å². The van der Waals surface area contributed by atoms with Gasteiger partial charge in [-0.3, -0.25) is 4.79 Å². The monoisotopic (exact) mass is 299 g/mol. The molecule has 0 saturated heterocycles. The summed E-state index contributed by atoms with van der Waals surface area (Å²) in [5.41, 5.74) is 8.05. The number of nitriles is 1. The van der Waals surface area contributed by atoms with E-state index in [1.54, 1.807) is 48.3 Å². The number of carbonyl (C=O) groups is 1. The maximum absolute atomic E-state index is 12.4. The average Bonchev–Trinajstić information content (AvgIpc) is 2.45. The average molecular weight is 300 g/mol. The molecular weight excluding hydrogens is 286 g/mol. The summed E-state index contributed by atoms with van der Waals surface area (Å²) in [7, 11) is 1.69. The van der Waals surface area contributed by atoms with E-state index < -0.39 is 0 Å². The lowest BCUT2D eigenvalue weighted by molar-refractivity contribution is 0.0785. The fourth-order valence-corrected chi connectivity index (χ4v) is 2.28. The molecule has 5 heteroatoms. The van der Waals surface area contributed by atoms with Crippen LogP contribution in [0.5, 0.6) is 0 Å². The smallest absolute Gasteiger partial charge is 0.254 e. The Bertz CT molecular complexity index is 701. The van der Waals surface area contributed by atoms with Gasteiger partial charge in [0.05, 0.1) is 11.6 Å². The molecule has 0 unspecified atom stereocenters. The Morgan fingerprint density at radius 3 is 2.76 bits per heavy atom. The van der Waals surface area contributed by atoms with Gasteiger partial charge in [-0.15, -0.1) is 0 Å². The Morgan fingerprint density at radius 1 is 1.33 bits per heavy atom. The van der Waals surface area contributed by atoms with Gasteiger partial charge in [0.1, 0.15) is 0 Å². The van der Waals surface area contributed by atoms with E-state index in [0.29, 0.717) is 28.4 Å². The predicted octanol–water partition coefficient (Wildman–Crippen LogP) is 3.07. The molecule has 0 heterocycles. The van der Waals surface area contributed by atoms with E-state index in [4.69, 9.17) is 22.6 Å². The van der Waals surface area contributed by atoms with E-state index in [1.807, 2.05) is 6.07 Å². The summed E-state index contributed by atoms with van der Waals surface area (Å²) in [5, 5.41) is 9.31. The third kappa shape index (κ3) is 3.74. The molecule has 4 nitrogen and oxygen atoms in total. The largest absolute Gasteiger partial charge is 0.399 e. The van der Waals surface area contributed by atoms with Crippen LogP contribution in [0.4, 0.5) is 5.69 Å². The molecule has 0 aliphatic rings. The minimum absolute atomic E-state index is 0.174. The second kappa shape index (κ2) is 6.29. The number of anilines is 1. The number of amides is 1. The quantitative estimate of drug-likeness (QED) is 0.885. The topological polar surface area (TPSA) is 70.1 Å². The first-order valence-electron chi connectivity index (χ1n) is 6.30. The minimum Gasteiger partial charge on any atom is -0.399 e. The van der Waals surface area contributed by atoms with Crippen molar-refractivity contribution in [1.29, 1.82) is 5.26 Å². The zero-order valence-corrected chi connectivity index (χ0v) is 12.3. The summed E-state index contributed by atoms with van der Waals surface area (Å²) >= 11 is 5.91. The molecule has 2 N–H and O–H groups in total. The molecule has 0 atom stereocenters. The summed E-state index contributed by atoms with van der Waals surface area (Å²) in [6, 6.07) is 14.0. The molecule has 0 aliphatic carbocycles. The number of rotatable bonds is 3. The van der Waals surface area contributed by atoms with Gasteiger partial charge in [-0.2, -0.15) is 5.26 Å². The Labute approximate surface area is 128 Å². The van der Waals surface area contributed by atoms with Crippen molar-refractivity contribution in [2.24, 2.45) is 0 Å². The first-order valence-corrected chi connectivity index (χ1v) is 6.68. The van der Waals surface area contributed by atoms with Crippen LogP contribution in [0.15, 0.2) is 42.5 Å². The van der Waals surface area contributed by atoms with Crippen LogP contribution >= 0.6 is 11.6 Å². The van der Waals surface area contributed by atoms with Gasteiger partial charge in [0.25, 0.3) is 5.91 Å². The lowest BCUT2D eigenvalue weighted by atomic mass is 10.1. The SMILES string of the molecule is CN(Cc1cccc(C#N)c1)C(=O)c1cc(N)cc(Cl)c1. The van der Waals surface area contributed by atoms with Crippen molar-refractivity contribution in [2.45, 2.75) is 6.54 Å². The summed E-state index contributed by atoms with van der Waals surface area (Å²) in [4.78, 5) is 13.9. The Balaban J connectivity index is 2.17. The Kier molecular flexibility index (Phi) is 4.46. The second-order valence-electron chi connectivity index (χ2n) is 4.75. The van der Waals surface area contributed by atoms with Crippen molar-refractivity contribution in [3.63, 3.8) is 0 Å². The normalized spacial score (nSPS) is 9.95. The van der Waals surface area contributed by atoms with Crippen molar-refractivity contribution in [3.8, 4) is 6.07 Å². The van der Waals surface area contributed by atoms with Crippen molar-refractivity contribution in [1.82, 2.24) is 4.90 Å². The van der Waals surface area contributed by atoms with Crippen LogP contribution in [0.3, 0.4) is 0 Å². The third-order valence-electron chi connectivity index (χ3n) is 2.99. The first kappa shape index (κ1) is 14.9. The maximum atomic E-state index is 12.4. The molecule has 0 aliphatic heterocycles. The number of benzene rings is 2. The molecule has 2 aromatic carbocycles. The second-order valence-corrected chi connectivity index (χ2v) is 5.18. The van der Waals surface area contributed by atoms with Crippen LogP contribution in [0, 0.1) is 11.3 Å². The highest BCUT2D eigenvalue weighted by Crippen LogP contribution is 2.18. The molecule has 0 bridgehead atoms. The van der Waals surface area contributed by atoms with Gasteiger partial charge >= 0.3 is 0 Å². The summed E-state index contributed by atoms with van der Waals surface area (Å²) in [5.74, 6) is -0.174. The van der Waals surface area contributed by atoms with Gasteiger partial charge in [-0.05, 0) is 35.9 Å². The van der Waals surface area contributed by atoms with E-state index >= 15 is 0 Å². The molecule has 106 valence electrons. The molecule has 0 aromatic heterocycles. The molecule has 21 heavy (non-hydrogen) atoms. The van der Waals surface area contributed by atoms with E-state index in [-0.39, 0.29) is 5.91 Å². The van der Waals surface area contributed by atoms with Gasteiger partial charge < -0.3 is 10.6 Å². The minimum atomic E-state index is -0.174. The number of carbonyl (C=O) groups excluding carboxylic acids is 1. The molecule has 0 radical (unpaired) electrons. The van der Waals surface area contributed by atoms with E-state index in [9.17, 15) is 4.79 Å². The van der Waals surface area contributed by atoms with Crippen LogP contribution in [-0.2, 0) is 6.54 Å². The van der Waals surface area contributed by atoms with Crippen LogP contribution in [0.2, 0.25) is 5.02 Å². The Morgan fingerprint density at radius 2 is 2.10 bits per heavy atom. The van der Waals surface area contributed by atoms with E-state index in [0.717, 1.165) is 5.56 Å². The fourth-order valence-electron chi connectivity index (χ4n) is 2.04. The molecule has 2 rings (SSSR count). The molecule has 0 spiro atoms. The summed E-state index contributed by atoms with van der Waals surface area (Å²) < 4.78 is 0. The fraction of sp³-hybridized carbons (Fsp3) is 0.125. The van der Waals surface area contributed by atoms with Crippen molar-refractivity contribution in [3.05, 3.63) is 64.2 Å². The van der Waals surface area contributed by atoms with Gasteiger partial charge in [-0.1, -0.05) is 23.7 Å². The zero-order valence-electron chi connectivity index (χ0n) is 11.5. The van der Waals surface area contributed by atoms with Crippen molar-refractivity contribution < 1.29 is 4.79 Å². The molecular formula is C16H14ClN3O. The molecule has 0 fully saturated rings. The van der Waals surface area contributed by atoms with E-state index in [2.05, 4.69) is 6.07 Å². The Hall–Kier alpha value is -2.51. The van der Waals surface area contributed by atoms with Gasteiger partial charge in [0.2, 0.25) is 0 Å². The van der Waals surface area contributed by atoms with Crippen LogP contribution < -0.4 is 5.73 Å². The number of nitrogen functional groups attached to an aromatic ring is 1. The number of nitrogens with zero attached hydrogens (tertiary/aromatic N) is 2. The lowest BCUT2D eigenvalue weighted by Crippen LogP contribution is -2.26. The van der Waals surface area contributed by atoms with Gasteiger partial charge in [-0.25, -0.2) is 0 Å². The van der Waals surface area contributed by atoms with Crippen LogP contribution in [-0.4, -0.2) is 17.9 Å². The molecule has 1 amide bonds. The van der Waals surface area contributed by atoms with Crippen LogP contribution in [0.1, 0.15) is 21.5 Å². The van der Waals surface area contributed by atoms with Crippen molar-refractivity contribution >= 4 is 23.2 Å². The highest BCUT2D eigenvalue weighted by molar-refractivity contribution is 6.31. The highest BCUT2D eigenvalue weighted by atomic mass is 35.5.